The van der Waals surface area contributed by atoms with E-state index < -0.39 is 0 Å². The van der Waals surface area contributed by atoms with Crippen LogP contribution in [-0.4, -0.2) is 104 Å². The average molecular weight is 2230 g/mol. The highest BCUT2D eigenvalue weighted by Gasteiger charge is 2.18. The molecule has 16 aromatic rings. The molecule has 129 heavy (non-hydrogen) atoms. The van der Waals surface area contributed by atoms with Crippen LogP contribution in [0.4, 0.5) is 34.1 Å². The summed E-state index contributed by atoms with van der Waals surface area (Å²) < 4.78 is 16.6. The number of rotatable bonds is 17. The molecule has 0 saturated heterocycles. The second-order valence-corrected chi connectivity index (χ2v) is 34.4. The van der Waals surface area contributed by atoms with Crippen molar-refractivity contribution in [2.75, 3.05) is 14.1 Å². The number of alkyl halides is 1. The van der Waals surface area contributed by atoms with E-state index in [4.69, 9.17) is 79.3 Å². The number of aryl methyl sites for hydroxylation is 2. The highest BCUT2D eigenvalue weighted by Crippen LogP contribution is 2.32. The van der Waals surface area contributed by atoms with Crippen LogP contribution in [0.5, 0.6) is 0 Å². The van der Waals surface area contributed by atoms with Crippen molar-refractivity contribution >= 4 is 200 Å². The van der Waals surface area contributed by atoms with Crippen molar-refractivity contribution in [3.8, 4) is 34.1 Å². The van der Waals surface area contributed by atoms with Crippen molar-refractivity contribution in [2.45, 2.75) is 45.4 Å². The number of benzene rings is 7. The molecule has 0 aliphatic heterocycles. The van der Waals surface area contributed by atoms with Gasteiger partial charge in [-0.2, -0.15) is 0 Å². The summed E-state index contributed by atoms with van der Waals surface area (Å²) in [6.07, 6.45) is 17.8. The molecule has 0 atom stereocenters. The number of nitrogens with zero attached hydrogens (tertiary/aromatic N) is 23. The maximum Gasteiger partial charge on any atom is 0.261 e. The molecule has 0 radical (unpaired) electrons. The number of amides is 2. The third-order valence-corrected chi connectivity index (χ3v) is 23.6. The van der Waals surface area contributed by atoms with Crippen molar-refractivity contribution in [3.05, 3.63) is 422 Å². The second-order valence-electron chi connectivity index (χ2n) is 26.2. The number of azide groups is 1. The van der Waals surface area contributed by atoms with E-state index in [2.05, 4.69) is 192 Å². The van der Waals surface area contributed by atoms with Gasteiger partial charge in [0, 0.05) is 111 Å². The lowest BCUT2D eigenvalue weighted by molar-refractivity contribution is 0.0946. The number of carbonyl (C=O) groups is 2. The van der Waals surface area contributed by atoms with Crippen LogP contribution in [0.15, 0.2) is 281 Å². The van der Waals surface area contributed by atoms with Crippen LogP contribution in [0.2, 0.25) is 8.67 Å². The van der Waals surface area contributed by atoms with Crippen LogP contribution in [-0.2, 0) is 31.5 Å². The summed E-state index contributed by atoms with van der Waals surface area (Å²) in [6, 6.07) is 58.4. The Morgan fingerprint density at radius 2 is 0.868 bits per heavy atom. The van der Waals surface area contributed by atoms with E-state index in [-0.39, 0.29) is 18.4 Å². The number of nitrogens with one attached hydrogen (secondary N) is 4. The summed E-state index contributed by atoms with van der Waals surface area (Å²) in [5.41, 5.74) is 30.1. The fourth-order valence-electron chi connectivity index (χ4n) is 10.7. The predicted molar refractivity (Wildman–Crippen MR) is 532 cm³/mol. The molecule has 0 spiro atoms. The summed E-state index contributed by atoms with van der Waals surface area (Å²) in [4.78, 5) is 81.8. The molecule has 0 aliphatic carbocycles. The Balaban J connectivity index is 0.000000171. The number of aromatic nitrogens is 14. The molecule has 7 aromatic carbocycles. The number of nitrogens with two attached hydrogens (primary N) is 1. The molecular weight excluding hydrogens is 2150 g/mol. The standard InChI is InChI=1S/C18H18ClN5OS.C16H11ClN4OS.C11H6Br3N3.C11H6Br2N6.C11H10N4.C11H9N3.C7H4IN.C4H6N2/c1-23(2)17(20)12-3-5-14(6-4-12)24-10-13(22-11-24)9-21-18(25)15-7-8-16(19)26-15;1-18-11-2-4-13(5-3-11)21-9-12(20-10-21)8-19-16(22)14-6-7-15(17)23-14;1-15-7-2-4-8(5-3-7)17-10(13)9(6-12)16-11(17)14;1-15-7-2-4-8(5-3-7)19-10(12)9(6-16-18-14)17-11(19)13;1-13-9-2-4-11(5-3-9)15-7-10(6-12)14-8-15;1-9-7-14(8-13-9)11-5-3-10(12-2)4-6-11;1-9-7-4-2-6(8)3-5-7;1-4-2-5-3-6-4/h3-8,10-11,20H,9H2,1-2H3,(H,21,25);2-7,9-10H,8H2,(H,19,22);2-5H,6H2;2-5H,6H2;2-5,7-8H,6,12H2;3-8H,1H3;2-5H;2-3H,1H3,(H,5,6). The quantitative estimate of drug-likeness (QED) is 0.00834. The topological polar surface area (TPSA) is 322 Å². The first kappa shape index (κ1) is 99.5. The van der Waals surface area contributed by atoms with Crippen LogP contribution >= 0.6 is 148 Å². The zero-order chi connectivity index (χ0) is 92.9. The lowest BCUT2D eigenvalue weighted by atomic mass is 10.2. The van der Waals surface area contributed by atoms with Gasteiger partial charge in [0.2, 0.25) is 0 Å². The van der Waals surface area contributed by atoms with Gasteiger partial charge in [-0.1, -0.05) is 129 Å². The van der Waals surface area contributed by atoms with Crippen molar-refractivity contribution in [1.82, 2.24) is 82.8 Å². The lowest BCUT2D eigenvalue weighted by Crippen LogP contribution is -2.21. The zero-order valence-corrected chi connectivity index (χ0v) is 81.5. The maximum atomic E-state index is 12.0. The molecule has 0 fully saturated rings. The van der Waals surface area contributed by atoms with Gasteiger partial charge in [0.15, 0.2) is 43.6 Å². The molecule has 9 heterocycles. The third kappa shape index (κ3) is 30.2. The summed E-state index contributed by atoms with van der Waals surface area (Å²) in [7, 11) is 3.69. The normalized spacial score (nSPS) is 9.95. The van der Waals surface area contributed by atoms with E-state index in [0.29, 0.717) is 98.4 Å². The van der Waals surface area contributed by atoms with E-state index in [1.807, 2.05) is 189 Å². The summed E-state index contributed by atoms with van der Waals surface area (Å²) in [5.74, 6) is 0.125. The number of thiophene rings is 2. The van der Waals surface area contributed by atoms with Gasteiger partial charge in [-0.25, -0.2) is 64.0 Å². The summed E-state index contributed by atoms with van der Waals surface area (Å²) in [6.45, 7) is 46.3. The smallest absolute Gasteiger partial charge is 0.261 e. The van der Waals surface area contributed by atoms with Crippen molar-refractivity contribution in [1.29, 1.82) is 5.41 Å². The molecule has 0 saturated carbocycles. The van der Waals surface area contributed by atoms with Gasteiger partial charge in [-0.3, -0.25) is 24.1 Å². The third-order valence-electron chi connectivity index (χ3n) is 17.2. The largest absolute Gasteiger partial charge is 0.363 e. The molecule has 16 rings (SSSR count). The van der Waals surface area contributed by atoms with Crippen LogP contribution in [0.3, 0.4) is 0 Å². The average Bonchev–Trinajstić information content (AvgIpc) is 1.66. The molecule has 6 N–H and O–H groups in total. The van der Waals surface area contributed by atoms with E-state index in [9.17, 15) is 9.59 Å². The number of H-pyrrole nitrogens is 1. The fourth-order valence-corrected chi connectivity index (χ4v) is 16.6. The highest BCUT2D eigenvalue weighted by molar-refractivity contribution is 14.1. The predicted octanol–water partition coefficient (Wildman–Crippen LogP) is 25.2. The highest BCUT2D eigenvalue weighted by atomic mass is 127. The molecule has 646 valence electrons. The first-order valence-corrected chi connectivity index (χ1v) is 45.2. The molecule has 9 aromatic heterocycles. The minimum Gasteiger partial charge on any atom is -0.363 e. The number of amidine groups is 1. The second kappa shape index (κ2) is 50.9. The first-order chi connectivity index (χ1) is 62.3. The number of aromatic amines is 1. The number of halogens is 8. The maximum absolute atomic E-state index is 12.0. The molecule has 0 bridgehead atoms. The Morgan fingerprint density at radius 1 is 0.519 bits per heavy atom. The van der Waals surface area contributed by atoms with Crippen molar-refractivity contribution < 1.29 is 9.59 Å². The van der Waals surface area contributed by atoms with E-state index in [1.54, 1.807) is 128 Å². The molecule has 40 heteroatoms. The number of hydrogen-bond acceptors (Lipinski definition) is 14. The lowest BCUT2D eigenvalue weighted by Gasteiger charge is -2.14. The molecule has 0 unspecified atom stereocenters. The molecular formula is C89H70Br5Cl2IN28O2S2. The van der Waals surface area contributed by atoms with Gasteiger partial charge >= 0.3 is 0 Å². The summed E-state index contributed by atoms with van der Waals surface area (Å²) in [5, 5.41) is 17.8. The fraction of sp³-hybridized carbons (Fsp3) is 0.101. The van der Waals surface area contributed by atoms with Gasteiger partial charge in [-0.15, -0.1) is 22.7 Å². The monoisotopic (exact) mass is 2220 g/mol. The number of hydrogen-bond donors (Lipinski definition) is 5. The minimum absolute atomic E-state index is 0.164. The molecule has 0 aliphatic rings. The van der Waals surface area contributed by atoms with Gasteiger partial charge in [-0.05, 0) is 215 Å². The van der Waals surface area contributed by atoms with Crippen molar-refractivity contribution in [3.63, 3.8) is 0 Å². The van der Waals surface area contributed by atoms with E-state index >= 15 is 0 Å². The number of imidazole rings is 7. The van der Waals surface area contributed by atoms with Crippen molar-refractivity contribution in [2.24, 2.45) is 10.8 Å². The Hall–Kier alpha value is -13.3. The van der Waals surface area contributed by atoms with Gasteiger partial charge in [0.25, 0.3) is 11.8 Å². The van der Waals surface area contributed by atoms with Crippen LogP contribution < -0.4 is 16.4 Å². The Bertz CT molecular complexity index is 6740. The van der Waals surface area contributed by atoms with Gasteiger partial charge < -0.3 is 44.5 Å². The van der Waals surface area contributed by atoms with E-state index in [0.717, 1.165) is 83.2 Å². The first-order valence-electron chi connectivity index (χ1n) is 37.4. The number of carbonyl (C=O) groups excluding carboxylic acids is 2. The molecule has 2 amide bonds. The summed E-state index contributed by atoms with van der Waals surface area (Å²) >= 11 is 33.5. The van der Waals surface area contributed by atoms with Crippen LogP contribution in [0.1, 0.15) is 64.8 Å². The Labute approximate surface area is 816 Å². The van der Waals surface area contributed by atoms with Gasteiger partial charge in [0.1, 0.15) is 15.0 Å². The Kier molecular flexibility index (Phi) is 39.3. The van der Waals surface area contributed by atoms with E-state index in [1.165, 1.54) is 26.2 Å². The minimum atomic E-state index is -0.169. The zero-order valence-electron chi connectivity index (χ0n) is 68.3. The van der Waals surface area contributed by atoms with Crippen LogP contribution in [0, 0.1) is 62.3 Å². The molecule has 30 nitrogen and oxygen atoms in total. The SMILES string of the molecule is CN(C)C(=N)c1ccc(-n2cnc(CNC(=O)c3ccc(Cl)s3)c2)cc1.Cc1cnc[nH]1.[C-]#[N+]c1ccc(-n2c(Br)nc(CBr)c2Br)cc1.[C-]#[N+]c1ccc(-n2c(Br)nc(CN=[N+]=[N-])c2Br)cc1.[C-]#[N+]c1ccc(-n2cnc(C)c2)cc1.[C-]#[N+]c1ccc(-n2cnc(CN)c2)cc1.[C-]#[N+]c1ccc(-n2cnc(CNC(=O)c3ccc(Cl)s3)c2)cc1.[C-]#[N+]c1ccc(I)cc1. The van der Waals surface area contributed by atoms with Gasteiger partial charge in [0.05, 0.1) is 143 Å². The Morgan fingerprint density at radius 3 is 1.17 bits per heavy atom. The van der Waals surface area contributed by atoms with Crippen LogP contribution in [0.25, 0.3) is 73.6 Å².